The van der Waals surface area contributed by atoms with Crippen molar-refractivity contribution in [1.29, 1.82) is 0 Å². The first-order chi connectivity index (χ1) is 12.9. The molecule has 0 unspecified atom stereocenters. The van der Waals surface area contributed by atoms with E-state index in [2.05, 4.69) is 91.0 Å². The van der Waals surface area contributed by atoms with Crippen molar-refractivity contribution in [1.82, 2.24) is 0 Å². The van der Waals surface area contributed by atoms with Gasteiger partial charge in [-0.3, -0.25) is 4.99 Å². The molecule has 1 heteroatoms. The van der Waals surface area contributed by atoms with Gasteiger partial charge in [-0.05, 0) is 34.2 Å². The molecule has 26 heavy (non-hydrogen) atoms. The summed E-state index contributed by atoms with van der Waals surface area (Å²) >= 11 is 0. The molecule has 0 N–H and O–H groups in total. The Morgan fingerprint density at radius 3 is 1.85 bits per heavy atom. The van der Waals surface area contributed by atoms with Gasteiger partial charge in [-0.15, -0.1) is 0 Å². The molecule has 4 aromatic rings. The summed E-state index contributed by atoms with van der Waals surface area (Å²) in [5.74, 6) is 0. The molecule has 0 atom stereocenters. The molecule has 0 radical (unpaired) electrons. The predicted molar refractivity (Wildman–Crippen MR) is 112 cm³/mol. The Morgan fingerprint density at radius 2 is 1.15 bits per heavy atom. The van der Waals surface area contributed by atoms with Gasteiger partial charge in [0, 0.05) is 11.6 Å². The van der Waals surface area contributed by atoms with Crippen LogP contribution in [0.25, 0.3) is 16.3 Å². The van der Waals surface area contributed by atoms with Gasteiger partial charge in [0.2, 0.25) is 0 Å². The van der Waals surface area contributed by atoms with E-state index >= 15 is 0 Å². The Bertz CT molecular complexity index is 1010. The molecule has 0 aliphatic rings. The molecule has 1 nitrogen and oxygen atoms in total. The summed E-state index contributed by atoms with van der Waals surface area (Å²) < 4.78 is 0. The van der Waals surface area contributed by atoms with Gasteiger partial charge in [0.25, 0.3) is 0 Å². The summed E-state index contributed by atoms with van der Waals surface area (Å²) in [6.45, 7) is 0. The number of hydrogen-bond donors (Lipinski definition) is 0. The van der Waals surface area contributed by atoms with E-state index in [0.29, 0.717) is 0 Å². The third-order valence-electron chi connectivity index (χ3n) is 4.39. The molecular weight excluding hydrogens is 314 g/mol. The summed E-state index contributed by atoms with van der Waals surface area (Å²) in [7, 11) is 0. The Balaban J connectivity index is 1.74. The monoisotopic (exact) mass is 333 g/mol. The standard InChI is InChI=1S/C25H19N/c1-3-10-20(11-4-1)23(21-12-5-2-6-13-21)18-19-26-25-17-9-15-22-14-7-8-16-24(22)25/h1-19H. The van der Waals surface area contributed by atoms with Gasteiger partial charge < -0.3 is 0 Å². The van der Waals surface area contributed by atoms with Crippen LogP contribution in [-0.2, 0) is 0 Å². The van der Waals surface area contributed by atoms with Gasteiger partial charge in [-0.1, -0.05) is 97.1 Å². The lowest BCUT2D eigenvalue weighted by Crippen LogP contribution is -1.88. The average molecular weight is 333 g/mol. The molecule has 0 heterocycles. The summed E-state index contributed by atoms with van der Waals surface area (Å²) in [5, 5.41) is 2.37. The number of rotatable bonds is 4. The molecule has 0 saturated carbocycles. The van der Waals surface area contributed by atoms with Crippen LogP contribution in [0.4, 0.5) is 5.69 Å². The molecule has 0 spiro atoms. The average Bonchev–Trinajstić information content (AvgIpc) is 2.72. The molecule has 0 fully saturated rings. The second kappa shape index (κ2) is 7.62. The highest BCUT2D eigenvalue weighted by molar-refractivity contribution is 5.97. The van der Waals surface area contributed by atoms with E-state index in [1.165, 1.54) is 21.9 Å². The number of hydrogen-bond acceptors (Lipinski definition) is 1. The van der Waals surface area contributed by atoms with Crippen molar-refractivity contribution in [3.63, 3.8) is 0 Å². The molecule has 4 rings (SSSR count). The van der Waals surface area contributed by atoms with Crippen molar-refractivity contribution in [2.24, 2.45) is 4.99 Å². The Hall–Kier alpha value is -3.45. The highest BCUT2D eigenvalue weighted by atomic mass is 14.7. The minimum absolute atomic E-state index is 0.986. The van der Waals surface area contributed by atoms with Crippen LogP contribution < -0.4 is 0 Å². The molecule has 0 aromatic heterocycles. The second-order valence-electron chi connectivity index (χ2n) is 6.09. The van der Waals surface area contributed by atoms with Crippen LogP contribution in [0.1, 0.15) is 11.1 Å². The third kappa shape index (κ3) is 3.47. The second-order valence-corrected chi connectivity index (χ2v) is 6.09. The lowest BCUT2D eigenvalue weighted by Gasteiger charge is -2.07. The highest BCUT2D eigenvalue weighted by Gasteiger charge is 2.03. The van der Waals surface area contributed by atoms with Crippen molar-refractivity contribution >= 4 is 28.2 Å². The number of aliphatic imine (C=N–C) groups is 1. The van der Waals surface area contributed by atoms with Crippen LogP contribution in [0, 0.1) is 0 Å². The van der Waals surface area contributed by atoms with E-state index < -0.39 is 0 Å². The van der Waals surface area contributed by atoms with Crippen LogP contribution in [-0.4, -0.2) is 6.21 Å². The number of nitrogens with zero attached hydrogens (tertiary/aromatic N) is 1. The SMILES string of the molecule is C(C=C(c1ccccc1)c1ccccc1)=Nc1cccc2ccccc12. The summed E-state index contributed by atoms with van der Waals surface area (Å²) in [5.41, 5.74) is 4.51. The van der Waals surface area contributed by atoms with E-state index in [1.807, 2.05) is 24.4 Å². The smallest absolute Gasteiger partial charge is 0.0707 e. The molecule has 0 saturated heterocycles. The van der Waals surface area contributed by atoms with E-state index in [0.717, 1.165) is 11.3 Å². The molecule has 0 aliphatic carbocycles. The summed E-state index contributed by atoms with van der Waals surface area (Å²) in [6.07, 6.45) is 3.99. The first-order valence-electron chi connectivity index (χ1n) is 8.75. The fourth-order valence-electron chi connectivity index (χ4n) is 3.11. The zero-order chi connectivity index (χ0) is 17.6. The lowest BCUT2D eigenvalue weighted by molar-refractivity contribution is 1.54. The molecule has 4 aromatic carbocycles. The van der Waals surface area contributed by atoms with Gasteiger partial charge in [0.15, 0.2) is 0 Å². The first kappa shape index (κ1) is 16.0. The van der Waals surface area contributed by atoms with Gasteiger partial charge >= 0.3 is 0 Å². The minimum Gasteiger partial charge on any atom is -0.256 e. The van der Waals surface area contributed by atoms with Crippen LogP contribution in [0.5, 0.6) is 0 Å². The van der Waals surface area contributed by atoms with E-state index in [4.69, 9.17) is 4.99 Å². The van der Waals surface area contributed by atoms with E-state index in [-0.39, 0.29) is 0 Å². The first-order valence-corrected chi connectivity index (χ1v) is 8.75. The molecule has 0 amide bonds. The largest absolute Gasteiger partial charge is 0.256 e. The highest BCUT2D eigenvalue weighted by Crippen LogP contribution is 2.26. The quantitative estimate of drug-likeness (QED) is 0.370. The van der Waals surface area contributed by atoms with Crippen LogP contribution in [0.15, 0.2) is 114 Å². The van der Waals surface area contributed by atoms with Gasteiger partial charge in [0.05, 0.1) is 5.69 Å². The maximum absolute atomic E-state index is 4.72. The van der Waals surface area contributed by atoms with Crippen molar-refractivity contribution in [2.75, 3.05) is 0 Å². The van der Waals surface area contributed by atoms with Gasteiger partial charge in [-0.25, -0.2) is 0 Å². The van der Waals surface area contributed by atoms with Crippen LogP contribution in [0.3, 0.4) is 0 Å². The zero-order valence-corrected chi connectivity index (χ0v) is 14.4. The van der Waals surface area contributed by atoms with Gasteiger partial charge in [0.1, 0.15) is 0 Å². The fourth-order valence-corrected chi connectivity index (χ4v) is 3.11. The lowest BCUT2D eigenvalue weighted by atomic mass is 9.98. The Kier molecular flexibility index (Phi) is 4.70. The predicted octanol–water partition coefficient (Wildman–Crippen LogP) is 6.67. The normalized spacial score (nSPS) is 10.9. The molecule has 124 valence electrons. The summed E-state index contributed by atoms with van der Waals surface area (Å²) in [6, 6.07) is 35.4. The number of benzene rings is 4. The summed E-state index contributed by atoms with van der Waals surface area (Å²) in [4.78, 5) is 4.72. The third-order valence-corrected chi connectivity index (χ3v) is 4.39. The number of fused-ring (bicyclic) bond motifs is 1. The van der Waals surface area contributed by atoms with Crippen LogP contribution in [0.2, 0.25) is 0 Å². The van der Waals surface area contributed by atoms with Crippen molar-refractivity contribution < 1.29 is 0 Å². The van der Waals surface area contributed by atoms with Crippen molar-refractivity contribution in [3.05, 3.63) is 120 Å². The minimum atomic E-state index is 0.986. The van der Waals surface area contributed by atoms with Crippen molar-refractivity contribution in [2.45, 2.75) is 0 Å². The molecule has 0 bridgehead atoms. The van der Waals surface area contributed by atoms with E-state index in [1.54, 1.807) is 0 Å². The molecule has 0 aliphatic heterocycles. The zero-order valence-electron chi connectivity index (χ0n) is 14.4. The van der Waals surface area contributed by atoms with Gasteiger partial charge in [-0.2, -0.15) is 0 Å². The van der Waals surface area contributed by atoms with Crippen molar-refractivity contribution in [3.8, 4) is 0 Å². The topological polar surface area (TPSA) is 12.4 Å². The number of allylic oxidation sites excluding steroid dienone is 1. The maximum Gasteiger partial charge on any atom is 0.0707 e. The Labute approximate surface area is 154 Å². The molecular formula is C25H19N. The Morgan fingerprint density at radius 1 is 0.577 bits per heavy atom. The van der Waals surface area contributed by atoms with E-state index in [9.17, 15) is 0 Å². The van der Waals surface area contributed by atoms with Crippen LogP contribution >= 0.6 is 0 Å². The maximum atomic E-state index is 4.72. The fraction of sp³-hybridized carbons (Fsp3) is 0.